The number of carbonyl (C=O) groups excluding carboxylic acids is 1. The molecule has 0 fully saturated rings. The molecule has 0 bridgehead atoms. The lowest BCUT2D eigenvalue weighted by molar-refractivity contribution is 0.235. The Hall–Kier alpha value is -2.13. The Morgan fingerprint density at radius 1 is 1.38 bits per heavy atom. The van der Waals surface area contributed by atoms with Gasteiger partial charge in [0.25, 0.3) is 16.0 Å². The van der Waals surface area contributed by atoms with E-state index in [1.165, 1.54) is 19.0 Å². The number of fused-ring (bicyclic) bond motifs is 1. The topological polar surface area (TPSA) is 105 Å². The Balaban J connectivity index is 2.03. The van der Waals surface area contributed by atoms with Gasteiger partial charge in [-0.25, -0.2) is 13.4 Å². The van der Waals surface area contributed by atoms with Crippen molar-refractivity contribution in [3.05, 3.63) is 29.3 Å². The summed E-state index contributed by atoms with van der Waals surface area (Å²) in [5, 5.41) is -0.927. The molecule has 1 aromatic rings. The zero-order chi connectivity index (χ0) is 19.1. The number of rotatable bonds is 3. The van der Waals surface area contributed by atoms with Gasteiger partial charge in [0.15, 0.2) is 0 Å². The summed E-state index contributed by atoms with van der Waals surface area (Å²) in [6, 6.07) is 5.83. The molecule has 1 aliphatic heterocycles. The van der Waals surface area contributed by atoms with Crippen molar-refractivity contribution in [2.45, 2.75) is 31.7 Å². The summed E-state index contributed by atoms with van der Waals surface area (Å²) >= 11 is 0. The minimum absolute atomic E-state index is 0.185. The number of aliphatic imine (C=N–C) groups is 1. The summed E-state index contributed by atoms with van der Waals surface area (Å²) in [5.41, 5.74) is 7.91. The van der Waals surface area contributed by atoms with Crippen LogP contribution in [0.2, 0.25) is 0 Å². The van der Waals surface area contributed by atoms with Crippen LogP contribution < -0.4 is 10.6 Å². The first-order chi connectivity index (χ1) is 12.2. The maximum atomic E-state index is 12.7. The van der Waals surface area contributed by atoms with Gasteiger partial charge < -0.3 is 10.5 Å². The molecule has 0 saturated carbocycles. The normalized spacial score (nSPS) is 22.1. The Labute approximate surface area is 153 Å². The van der Waals surface area contributed by atoms with Crippen LogP contribution in [0.15, 0.2) is 23.2 Å². The molecule has 26 heavy (non-hydrogen) atoms. The van der Waals surface area contributed by atoms with Gasteiger partial charge in [-0.15, -0.1) is 0 Å². The summed E-state index contributed by atoms with van der Waals surface area (Å²) in [6.07, 6.45) is 2.14. The molecule has 0 saturated heterocycles. The van der Waals surface area contributed by atoms with Gasteiger partial charge in [0.2, 0.25) is 0 Å². The van der Waals surface area contributed by atoms with Crippen LogP contribution in [-0.2, 0) is 27.6 Å². The van der Waals surface area contributed by atoms with Crippen molar-refractivity contribution in [3.8, 4) is 0 Å². The number of benzene rings is 1. The molecule has 2 N–H and O–H groups in total. The first-order valence-electron chi connectivity index (χ1n) is 8.53. The smallest absolute Gasteiger partial charge is 0.358 e. The first-order valence-corrected chi connectivity index (χ1v) is 9.97. The van der Waals surface area contributed by atoms with Crippen LogP contribution in [0.3, 0.4) is 0 Å². The average molecular weight is 380 g/mol. The minimum atomic E-state index is -4.05. The van der Waals surface area contributed by atoms with E-state index in [1.54, 1.807) is 13.0 Å². The van der Waals surface area contributed by atoms with E-state index in [0.29, 0.717) is 18.7 Å². The van der Waals surface area contributed by atoms with Crippen LogP contribution in [-0.4, -0.2) is 56.8 Å². The van der Waals surface area contributed by atoms with Crippen molar-refractivity contribution in [2.24, 2.45) is 10.7 Å². The zero-order valence-electron chi connectivity index (χ0n) is 15.2. The standard InChI is InChI=1S/C17H24N4O4S/c1-4-21(16(22)26(23,24)20(2)3)14-7-5-6-12-8-9-17(10-13(12)14)11-25-15(18)19-17/h5-7H,4,8-11H2,1-3H3,(H2,18,19). The fourth-order valence-corrected chi connectivity index (χ4v) is 4.33. The van der Waals surface area contributed by atoms with E-state index >= 15 is 0 Å². The highest BCUT2D eigenvalue weighted by Gasteiger charge is 2.41. The number of nitrogens with zero attached hydrogens (tertiary/aromatic N) is 3. The van der Waals surface area contributed by atoms with Gasteiger partial charge in [-0.3, -0.25) is 9.69 Å². The van der Waals surface area contributed by atoms with Crippen LogP contribution in [0, 0.1) is 0 Å². The molecule has 8 nitrogen and oxygen atoms in total. The van der Waals surface area contributed by atoms with Crippen LogP contribution in [0.1, 0.15) is 24.5 Å². The monoisotopic (exact) mass is 380 g/mol. The van der Waals surface area contributed by atoms with Gasteiger partial charge in [0, 0.05) is 32.7 Å². The van der Waals surface area contributed by atoms with Crippen LogP contribution in [0.5, 0.6) is 0 Å². The molecule has 142 valence electrons. The Morgan fingerprint density at radius 2 is 2.12 bits per heavy atom. The molecule has 1 aliphatic carbocycles. The predicted octanol–water partition coefficient (Wildman–Crippen LogP) is 1.10. The predicted molar refractivity (Wildman–Crippen MR) is 99.8 cm³/mol. The third-order valence-electron chi connectivity index (χ3n) is 4.98. The number of amides is 1. The average Bonchev–Trinajstić information content (AvgIpc) is 2.95. The van der Waals surface area contributed by atoms with E-state index in [-0.39, 0.29) is 12.6 Å². The Kier molecular flexibility index (Phi) is 4.70. The second-order valence-electron chi connectivity index (χ2n) is 6.85. The molecule has 3 rings (SSSR count). The Morgan fingerprint density at radius 3 is 2.69 bits per heavy atom. The minimum Gasteiger partial charge on any atom is -0.463 e. The number of ether oxygens (including phenoxy) is 1. The molecule has 9 heteroatoms. The van der Waals surface area contributed by atoms with E-state index in [2.05, 4.69) is 4.99 Å². The fraction of sp³-hybridized carbons (Fsp3) is 0.529. The number of aryl methyl sites for hydroxylation is 1. The zero-order valence-corrected chi connectivity index (χ0v) is 16.0. The number of carbonyl (C=O) groups is 1. The number of sulfonamides is 1. The molecule has 2 aliphatic rings. The highest BCUT2D eigenvalue weighted by molar-refractivity contribution is 8.04. The molecule has 0 radical (unpaired) electrons. The molecule has 1 unspecified atom stereocenters. The quantitative estimate of drug-likeness (QED) is 0.845. The lowest BCUT2D eigenvalue weighted by atomic mass is 9.78. The number of hydrogen-bond donors (Lipinski definition) is 1. The molecule has 1 aromatic carbocycles. The lowest BCUT2D eigenvalue weighted by Crippen LogP contribution is -2.43. The van der Waals surface area contributed by atoms with E-state index < -0.39 is 20.8 Å². The van der Waals surface area contributed by atoms with E-state index in [0.717, 1.165) is 28.3 Å². The second kappa shape index (κ2) is 6.55. The van der Waals surface area contributed by atoms with Crippen molar-refractivity contribution in [3.63, 3.8) is 0 Å². The summed E-state index contributed by atoms with van der Waals surface area (Å²) < 4.78 is 31.0. The Bertz CT molecular complexity index is 866. The number of nitrogens with two attached hydrogens (primary N) is 1. The van der Waals surface area contributed by atoms with Gasteiger partial charge in [-0.1, -0.05) is 12.1 Å². The third kappa shape index (κ3) is 3.05. The number of amidine groups is 1. The summed E-state index contributed by atoms with van der Waals surface area (Å²) in [7, 11) is -1.35. The third-order valence-corrected chi connectivity index (χ3v) is 6.60. The highest BCUT2D eigenvalue weighted by atomic mass is 32.2. The number of anilines is 1. The van der Waals surface area contributed by atoms with Crippen LogP contribution in [0.25, 0.3) is 0 Å². The van der Waals surface area contributed by atoms with E-state index in [4.69, 9.17) is 10.5 Å². The van der Waals surface area contributed by atoms with Crippen molar-refractivity contribution >= 4 is 27.0 Å². The highest BCUT2D eigenvalue weighted by Crippen LogP contribution is 2.39. The van der Waals surface area contributed by atoms with Gasteiger partial charge in [0.1, 0.15) is 12.1 Å². The van der Waals surface area contributed by atoms with E-state index in [9.17, 15) is 13.2 Å². The molecule has 1 spiro atoms. The molecule has 1 atom stereocenters. The molecular formula is C17H24N4O4S. The van der Waals surface area contributed by atoms with Crippen molar-refractivity contribution in [1.82, 2.24) is 4.31 Å². The molecule has 1 heterocycles. The maximum Gasteiger partial charge on any atom is 0.358 e. The van der Waals surface area contributed by atoms with Crippen LogP contribution in [0.4, 0.5) is 10.5 Å². The van der Waals surface area contributed by atoms with Gasteiger partial charge >= 0.3 is 5.24 Å². The van der Waals surface area contributed by atoms with E-state index in [1.807, 2.05) is 12.1 Å². The first kappa shape index (κ1) is 18.7. The summed E-state index contributed by atoms with van der Waals surface area (Å²) in [4.78, 5) is 18.5. The summed E-state index contributed by atoms with van der Waals surface area (Å²) in [5.74, 6) is 0. The molecule has 0 aromatic heterocycles. The fourth-order valence-electron chi connectivity index (χ4n) is 3.52. The van der Waals surface area contributed by atoms with Crippen LogP contribution >= 0.6 is 0 Å². The van der Waals surface area contributed by atoms with Crippen molar-refractivity contribution in [2.75, 3.05) is 32.1 Å². The lowest BCUT2D eigenvalue weighted by Gasteiger charge is -2.34. The largest absolute Gasteiger partial charge is 0.463 e. The van der Waals surface area contributed by atoms with Gasteiger partial charge in [0.05, 0.1) is 0 Å². The van der Waals surface area contributed by atoms with Crippen molar-refractivity contribution < 1.29 is 17.9 Å². The van der Waals surface area contributed by atoms with Crippen molar-refractivity contribution in [1.29, 1.82) is 0 Å². The van der Waals surface area contributed by atoms with Gasteiger partial charge in [-0.05, 0) is 37.0 Å². The second-order valence-corrected chi connectivity index (χ2v) is 8.88. The molecule has 1 amide bonds. The summed E-state index contributed by atoms with van der Waals surface area (Å²) in [6.45, 7) is 2.41. The van der Waals surface area contributed by atoms with Gasteiger partial charge in [-0.2, -0.15) is 4.31 Å². The SMILES string of the molecule is CCN(C(=O)S(=O)(=O)N(C)C)c1cccc2c1CC1(CC2)COC(N)=N1. The maximum absolute atomic E-state index is 12.7. The number of hydrogen-bond acceptors (Lipinski definition) is 6. The molecular weight excluding hydrogens is 356 g/mol.